The quantitative estimate of drug-likeness (QED) is 0.757. The first-order valence-electron chi connectivity index (χ1n) is 7.28. The molecule has 6 nitrogen and oxygen atoms in total. The zero-order valence-corrected chi connectivity index (χ0v) is 12.1. The second-order valence-corrected chi connectivity index (χ2v) is 5.60. The molecule has 22 heavy (non-hydrogen) atoms. The molecule has 1 atom stereocenters. The summed E-state index contributed by atoms with van der Waals surface area (Å²) in [5.74, 6) is -0.128. The van der Waals surface area contributed by atoms with E-state index in [0.29, 0.717) is 16.7 Å². The number of H-pyrrole nitrogens is 1. The molecule has 1 unspecified atom stereocenters. The van der Waals surface area contributed by atoms with Crippen LogP contribution in [0, 0.1) is 6.92 Å². The molecule has 1 amide bonds. The second-order valence-electron chi connectivity index (χ2n) is 5.60. The van der Waals surface area contributed by atoms with Crippen molar-refractivity contribution in [1.29, 1.82) is 0 Å². The summed E-state index contributed by atoms with van der Waals surface area (Å²) in [6, 6.07) is 8.02. The van der Waals surface area contributed by atoms with Gasteiger partial charge in [-0.25, -0.2) is 4.98 Å². The molecule has 1 aromatic carbocycles. The van der Waals surface area contributed by atoms with Gasteiger partial charge in [-0.05, 0) is 42.5 Å². The Morgan fingerprint density at radius 2 is 2.27 bits per heavy atom. The van der Waals surface area contributed by atoms with Gasteiger partial charge in [0.2, 0.25) is 5.65 Å². The summed E-state index contributed by atoms with van der Waals surface area (Å²) >= 11 is 0. The van der Waals surface area contributed by atoms with Crippen molar-refractivity contribution in [2.75, 3.05) is 0 Å². The van der Waals surface area contributed by atoms with Crippen molar-refractivity contribution in [2.24, 2.45) is 0 Å². The molecule has 3 aromatic rings. The fraction of sp³-hybridized carbons (Fsp3) is 0.250. The Labute approximate surface area is 127 Å². The summed E-state index contributed by atoms with van der Waals surface area (Å²) < 4.78 is 0. The van der Waals surface area contributed by atoms with Crippen LogP contribution in [-0.2, 0) is 6.42 Å². The molecule has 0 fully saturated rings. The summed E-state index contributed by atoms with van der Waals surface area (Å²) in [6.07, 6.45) is 3.48. The van der Waals surface area contributed by atoms with E-state index in [1.54, 1.807) is 6.07 Å². The molecule has 2 N–H and O–H groups in total. The summed E-state index contributed by atoms with van der Waals surface area (Å²) in [5.41, 5.74) is 5.48. The van der Waals surface area contributed by atoms with Crippen LogP contribution in [0.1, 0.15) is 39.5 Å². The highest BCUT2D eigenvalue weighted by atomic mass is 16.1. The summed E-state index contributed by atoms with van der Waals surface area (Å²) in [6.45, 7) is 2.12. The van der Waals surface area contributed by atoms with Gasteiger partial charge in [-0.2, -0.15) is 10.3 Å². The molecule has 6 heteroatoms. The number of hydrogen-bond donors (Lipinski definition) is 2. The number of rotatable bonds is 2. The van der Waals surface area contributed by atoms with E-state index in [1.165, 1.54) is 22.9 Å². The maximum absolute atomic E-state index is 12.5. The Hall–Kier alpha value is -2.76. The van der Waals surface area contributed by atoms with Gasteiger partial charge in [0.25, 0.3) is 5.91 Å². The van der Waals surface area contributed by atoms with Crippen molar-refractivity contribution < 1.29 is 4.79 Å². The topological polar surface area (TPSA) is 83.6 Å². The highest BCUT2D eigenvalue weighted by Crippen LogP contribution is 2.33. The molecule has 0 aliphatic heterocycles. The van der Waals surface area contributed by atoms with Gasteiger partial charge in [0, 0.05) is 6.20 Å². The van der Waals surface area contributed by atoms with Crippen LogP contribution in [0.3, 0.4) is 0 Å². The van der Waals surface area contributed by atoms with Gasteiger partial charge in [-0.15, -0.1) is 5.10 Å². The van der Waals surface area contributed by atoms with Crippen molar-refractivity contribution in [3.05, 3.63) is 52.7 Å². The summed E-state index contributed by atoms with van der Waals surface area (Å²) in [7, 11) is 0. The number of benzene rings is 1. The number of nitrogens with one attached hydrogen (secondary N) is 2. The molecule has 0 spiro atoms. The third-order valence-electron chi connectivity index (χ3n) is 4.25. The first-order chi connectivity index (χ1) is 10.7. The lowest BCUT2D eigenvalue weighted by Gasteiger charge is -2.14. The average molecular weight is 293 g/mol. The third-order valence-corrected chi connectivity index (χ3v) is 4.25. The predicted octanol–water partition coefficient (Wildman–Crippen LogP) is 2.08. The molecular weight excluding hydrogens is 278 g/mol. The van der Waals surface area contributed by atoms with Crippen LogP contribution in [0.5, 0.6) is 0 Å². The number of aromatic nitrogens is 4. The van der Waals surface area contributed by atoms with Crippen molar-refractivity contribution in [1.82, 2.24) is 25.7 Å². The lowest BCUT2D eigenvalue weighted by Crippen LogP contribution is -2.27. The number of carbonyl (C=O) groups is 1. The van der Waals surface area contributed by atoms with E-state index < -0.39 is 0 Å². The van der Waals surface area contributed by atoms with Crippen LogP contribution in [0.4, 0.5) is 0 Å². The van der Waals surface area contributed by atoms with Crippen molar-refractivity contribution in [3.63, 3.8) is 0 Å². The molecular formula is C16H15N5O. The van der Waals surface area contributed by atoms with Gasteiger partial charge in [0.15, 0.2) is 0 Å². The Bertz CT molecular complexity index is 870. The zero-order valence-electron chi connectivity index (χ0n) is 12.1. The highest BCUT2D eigenvalue weighted by molar-refractivity contribution is 5.96. The Morgan fingerprint density at radius 3 is 3.18 bits per heavy atom. The number of amides is 1. The standard InChI is InChI=1S/C16H15N5O/c1-9-3-2-4-12-11(9)5-6-13(12)18-16(22)10-7-14-15(17-8-10)20-21-19-14/h2-4,7-8,13H,5-6H2,1H3,(H,18,22)(H,17,19,20,21). The Morgan fingerprint density at radius 1 is 1.36 bits per heavy atom. The molecule has 2 aromatic heterocycles. The number of fused-ring (bicyclic) bond motifs is 2. The van der Waals surface area contributed by atoms with E-state index in [2.05, 4.69) is 44.8 Å². The molecule has 0 saturated carbocycles. The Kier molecular flexibility index (Phi) is 2.89. The van der Waals surface area contributed by atoms with E-state index in [0.717, 1.165) is 12.8 Å². The maximum atomic E-state index is 12.5. The zero-order chi connectivity index (χ0) is 15.1. The largest absolute Gasteiger partial charge is 0.345 e. The van der Waals surface area contributed by atoms with Gasteiger partial charge in [-0.3, -0.25) is 4.79 Å². The first kappa shape index (κ1) is 12.9. The normalized spacial score (nSPS) is 16.7. The lowest BCUT2D eigenvalue weighted by atomic mass is 10.0. The predicted molar refractivity (Wildman–Crippen MR) is 81.4 cm³/mol. The van der Waals surface area contributed by atoms with Crippen LogP contribution >= 0.6 is 0 Å². The van der Waals surface area contributed by atoms with Crippen LogP contribution in [0.15, 0.2) is 30.5 Å². The van der Waals surface area contributed by atoms with Crippen LogP contribution < -0.4 is 5.32 Å². The maximum Gasteiger partial charge on any atom is 0.253 e. The summed E-state index contributed by atoms with van der Waals surface area (Å²) in [5, 5.41) is 13.4. The van der Waals surface area contributed by atoms with Gasteiger partial charge in [0.1, 0.15) is 5.52 Å². The number of pyridine rings is 1. The average Bonchev–Trinajstić information content (AvgIpc) is 3.14. The third kappa shape index (κ3) is 2.04. The van der Waals surface area contributed by atoms with E-state index in [-0.39, 0.29) is 11.9 Å². The minimum Gasteiger partial charge on any atom is -0.345 e. The fourth-order valence-corrected chi connectivity index (χ4v) is 3.09. The second kappa shape index (κ2) is 4.91. The van der Waals surface area contributed by atoms with Crippen molar-refractivity contribution in [2.45, 2.75) is 25.8 Å². The summed E-state index contributed by atoms with van der Waals surface area (Å²) in [4.78, 5) is 16.6. The highest BCUT2D eigenvalue weighted by Gasteiger charge is 2.25. The number of hydrogen-bond acceptors (Lipinski definition) is 4. The van der Waals surface area contributed by atoms with E-state index >= 15 is 0 Å². The molecule has 1 aliphatic rings. The molecule has 110 valence electrons. The molecule has 2 heterocycles. The van der Waals surface area contributed by atoms with Crippen molar-refractivity contribution in [3.8, 4) is 0 Å². The number of aryl methyl sites for hydroxylation is 1. The van der Waals surface area contributed by atoms with Gasteiger partial charge in [-0.1, -0.05) is 18.2 Å². The number of nitrogens with zero attached hydrogens (tertiary/aromatic N) is 3. The minimum absolute atomic E-state index is 0.0652. The monoisotopic (exact) mass is 293 g/mol. The minimum atomic E-state index is -0.128. The van der Waals surface area contributed by atoms with Gasteiger partial charge < -0.3 is 5.32 Å². The molecule has 1 aliphatic carbocycles. The molecule has 4 rings (SSSR count). The molecule has 0 bridgehead atoms. The smallest absolute Gasteiger partial charge is 0.253 e. The van der Waals surface area contributed by atoms with Gasteiger partial charge >= 0.3 is 0 Å². The first-order valence-corrected chi connectivity index (χ1v) is 7.28. The number of aromatic amines is 1. The van der Waals surface area contributed by atoms with Crippen molar-refractivity contribution >= 4 is 17.1 Å². The van der Waals surface area contributed by atoms with E-state index in [1.807, 2.05) is 6.07 Å². The number of carbonyl (C=O) groups excluding carboxylic acids is 1. The van der Waals surface area contributed by atoms with Crippen LogP contribution in [0.2, 0.25) is 0 Å². The van der Waals surface area contributed by atoms with Crippen LogP contribution in [0.25, 0.3) is 11.2 Å². The van der Waals surface area contributed by atoms with E-state index in [4.69, 9.17) is 0 Å². The molecule has 0 saturated heterocycles. The fourth-order valence-electron chi connectivity index (χ4n) is 3.09. The van der Waals surface area contributed by atoms with Crippen LogP contribution in [-0.4, -0.2) is 26.3 Å². The molecule has 0 radical (unpaired) electrons. The van der Waals surface area contributed by atoms with E-state index in [9.17, 15) is 4.79 Å². The lowest BCUT2D eigenvalue weighted by molar-refractivity contribution is 0.0936. The Balaban J connectivity index is 1.59. The van der Waals surface area contributed by atoms with Gasteiger partial charge in [0.05, 0.1) is 11.6 Å². The SMILES string of the molecule is Cc1cccc2c1CCC2NC(=O)c1cnc2n[nH]nc2c1.